The Hall–Kier alpha value is -2.88. The van der Waals surface area contributed by atoms with Gasteiger partial charge in [-0.25, -0.2) is 0 Å². The van der Waals surface area contributed by atoms with Crippen LogP contribution in [0.25, 0.3) is 11.0 Å². The minimum absolute atomic E-state index is 0.134. The van der Waals surface area contributed by atoms with E-state index in [0.717, 1.165) is 11.1 Å². The number of benzene rings is 2. The van der Waals surface area contributed by atoms with E-state index in [9.17, 15) is 9.59 Å². The molecule has 0 bridgehead atoms. The van der Waals surface area contributed by atoms with Crippen LogP contribution in [0.1, 0.15) is 33.3 Å². The molecule has 0 N–H and O–H groups in total. The molecular weight excluding hydrogens is 290 g/mol. The van der Waals surface area contributed by atoms with Crippen molar-refractivity contribution in [1.82, 2.24) is 4.90 Å². The van der Waals surface area contributed by atoms with Gasteiger partial charge in [0, 0.05) is 7.05 Å². The number of para-hydroxylation sites is 1. The van der Waals surface area contributed by atoms with E-state index >= 15 is 0 Å². The maximum atomic E-state index is 12.9. The predicted molar refractivity (Wildman–Crippen MR) is 87.6 cm³/mol. The number of aryl methyl sites for hydroxylation is 1. The van der Waals surface area contributed by atoms with Gasteiger partial charge in [-0.15, -0.1) is 0 Å². The van der Waals surface area contributed by atoms with Crippen molar-refractivity contribution in [2.24, 2.45) is 0 Å². The Kier molecular flexibility index (Phi) is 2.88. The van der Waals surface area contributed by atoms with Crippen molar-refractivity contribution in [3.63, 3.8) is 0 Å². The molecule has 0 fully saturated rings. The number of nitrogens with zero attached hydrogens (tertiary/aromatic N) is 1. The number of amides is 1. The van der Waals surface area contributed by atoms with Crippen LogP contribution in [0.5, 0.6) is 0 Å². The average Bonchev–Trinajstić information content (AvgIpc) is 2.81. The maximum absolute atomic E-state index is 12.9. The molecule has 1 atom stereocenters. The molecule has 4 rings (SSSR count). The molecule has 3 aromatic rings. The fourth-order valence-electron chi connectivity index (χ4n) is 3.17. The number of hydrogen-bond acceptors (Lipinski definition) is 3. The summed E-state index contributed by atoms with van der Waals surface area (Å²) in [5, 5.41) is 0.506. The SMILES string of the molecule is Cc1ccc([C@H]2c3c(oc4ccccc4c3=O)C(=O)N2C)cc1. The first-order valence-electron chi connectivity index (χ1n) is 7.47. The van der Waals surface area contributed by atoms with Crippen LogP contribution < -0.4 is 5.43 Å². The standard InChI is InChI=1S/C19H15NO3/c1-11-7-9-12(10-8-11)16-15-17(21)13-5-3-4-6-14(13)23-18(15)19(22)20(16)2/h3-10,16H,1-2H3/t16-/m0/s1. The van der Waals surface area contributed by atoms with Gasteiger partial charge in [0.05, 0.1) is 17.0 Å². The molecule has 1 aliphatic rings. The van der Waals surface area contributed by atoms with Gasteiger partial charge in [-0.3, -0.25) is 9.59 Å². The van der Waals surface area contributed by atoms with E-state index in [0.29, 0.717) is 16.5 Å². The van der Waals surface area contributed by atoms with Crippen LogP contribution in [0, 0.1) is 6.92 Å². The molecule has 2 aromatic carbocycles. The van der Waals surface area contributed by atoms with Crippen molar-refractivity contribution in [2.75, 3.05) is 7.05 Å². The Bertz CT molecular complexity index is 986. The Labute approximate surface area is 133 Å². The zero-order valence-corrected chi connectivity index (χ0v) is 12.9. The van der Waals surface area contributed by atoms with E-state index in [4.69, 9.17) is 4.42 Å². The first-order chi connectivity index (χ1) is 11.1. The lowest BCUT2D eigenvalue weighted by Gasteiger charge is -2.20. The molecule has 23 heavy (non-hydrogen) atoms. The molecule has 0 aliphatic carbocycles. The van der Waals surface area contributed by atoms with Crippen molar-refractivity contribution in [3.05, 3.63) is 81.2 Å². The molecule has 1 aromatic heterocycles. The summed E-state index contributed by atoms with van der Waals surface area (Å²) in [6.45, 7) is 2.00. The predicted octanol–water partition coefficient (Wildman–Crippen LogP) is 3.28. The molecule has 114 valence electrons. The van der Waals surface area contributed by atoms with E-state index in [1.165, 1.54) is 0 Å². The highest BCUT2D eigenvalue weighted by molar-refractivity contribution is 5.98. The maximum Gasteiger partial charge on any atom is 0.290 e. The van der Waals surface area contributed by atoms with Crippen molar-refractivity contribution < 1.29 is 9.21 Å². The van der Waals surface area contributed by atoms with Gasteiger partial charge in [-0.05, 0) is 24.6 Å². The number of carbonyl (C=O) groups excluding carboxylic acids is 1. The van der Waals surface area contributed by atoms with Gasteiger partial charge in [0.2, 0.25) is 5.76 Å². The van der Waals surface area contributed by atoms with Crippen LogP contribution in [0.15, 0.2) is 57.7 Å². The van der Waals surface area contributed by atoms with Crippen LogP contribution in [-0.2, 0) is 0 Å². The monoisotopic (exact) mass is 305 g/mol. The van der Waals surface area contributed by atoms with Gasteiger partial charge >= 0.3 is 0 Å². The minimum Gasteiger partial charge on any atom is -0.450 e. The minimum atomic E-state index is -0.404. The Morgan fingerprint density at radius 1 is 1.00 bits per heavy atom. The summed E-state index contributed by atoms with van der Waals surface area (Å²) in [5.41, 5.74) is 2.78. The van der Waals surface area contributed by atoms with Gasteiger partial charge in [0.25, 0.3) is 5.91 Å². The lowest BCUT2D eigenvalue weighted by Crippen LogP contribution is -2.25. The molecule has 0 saturated heterocycles. The quantitative estimate of drug-likeness (QED) is 0.693. The van der Waals surface area contributed by atoms with Crippen LogP contribution in [-0.4, -0.2) is 17.9 Å². The molecule has 4 nitrogen and oxygen atoms in total. The highest BCUT2D eigenvalue weighted by Gasteiger charge is 2.40. The topological polar surface area (TPSA) is 50.5 Å². The second-order valence-electron chi connectivity index (χ2n) is 5.90. The zero-order valence-electron chi connectivity index (χ0n) is 12.9. The van der Waals surface area contributed by atoms with Crippen LogP contribution in [0.4, 0.5) is 0 Å². The highest BCUT2D eigenvalue weighted by Crippen LogP contribution is 2.36. The third-order valence-electron chi connectivity index (χ3n) is 4.40. The third kappa shape index (κ3) is 1.91. The van der Waals surface area contributed by atoms with Crippen LogP contribution in [0.3, 0.4) is 0 Å². The summed E-state index contributed by atoms with van der Waals surface area (Å²) in [7, 11) is 1.70. The molecule has 0 saturated carbocycles. The van der Waals surface area contributed by atoms with Gasteiger partial charge in [0.1, 0.15) is 5.58 Å². The first-order valence-corrected chi connectivity index (χ1v) is 7.47. The van der Waals surface area contributed by atoms with Crippen molar-refractivity contribution in [1.29, 1.82) is 0 Å². The lowest BCUT2D eigenvalue weighted by molar-refractivity contribution is 0.0771. The zero-order chi connectivity index (χ0) is 16.1. The third-order valence-corrected chi connectivity index (χ3v) is 4.40. The molecule has 0 spiro atoms. The van der Waals surface area contributed by atoms with E-state index in [1.807, 2.05) is 31.2 Å². The number of carbonyl (C=O) groups is 1. The molecule has 4 heteroatoms. The van der Waals surface area contributed by atoms with Crippen molar-refractivity contribution in [3.8, 4) is 0 Å². The molecule has 1 amide bonds. The van der Waals surface area contributed by atoms with Crippen LogP contribution in [0.2, 0.25) is 0 Å². The fourth-order valence-corrected chi connectivity index (χ4v) is 3.17. The van der Waals surface area contributed by atoms with Crippen molar-refractivity contribution in [2.45, 2.75) is 13.0 Å². The average molecular weight is 305 g/mol. The summed E-state index contributed by atoms with van der Waals surface area (Å²) in [6, 6.07) is 14.5. The van der Waals surface area contributed by atoms with Crippen molar-refractivity contribution >= 4 is 16.9 Å². The van der Waals surface area contributed by atoms with Gasteiger partial charge in [0.15, 0.2) is 5.43 Å². The fraction of sp³-hybridized carbons (Fsp3) is 0.158. The van der Waals surface area contributed by atoms with Gasteiger partial charge in [-0.1, -0.05) is 42.0 Å². The molecule has 0 unspecified atom stereocenters. The molecule has 0 radical (unpaired) electrons. The smallest absolute Gasteiger partial charge is 0.290 e. The largest absolute Gasteiger partial charge is 0.450 e. The summed E-state index contributed by atoms with van der Waals surface area (Å²) < 4.78 is 5.75. The lowest BCUT2D eigenvalue weighted by atomic mass is 9.98. The second kappa shape index (κ2) is 4.81. The van der Waals surface area contributed by atoms with E-state index in [-0.39, 0.29) is 17.1 Å². The Balaban J connectivity index is 2.03. The summed E-state index contributed by atoms with van der Waals surface area (Å²) in [6.07, 6.45) is 0. The molecule has 1 aliphatic heterocycles. The Morgan fingerprint density at radius 3 is 2.43 bits per heavy atom. The van der Waals surface area contributed by atoms with E-state index in [1.54, 1.807) is 36.2 Å². The number of fused-ring (bicyclic) bond motifs is 2. The van der Waals surface area contributed by atoms with Gasteiger partial charge < -0.3 is 9.32 Å². The number of rotatable bonds is 1. The van der Waals surface area contributed by atoms with E-state index < -0.39 is 6.04 Å². The molecular formula is C19H15NO3. The highest BCUT2D eigenvalue weighted by atomic mass is 16.3. The summed E-state index contributed by atoms with van der Waals surface area (Å²) in [5.74, 6) is -0.102. The summed E-state index contributed by atoms with van der Waals surface area (Å²) in [4.78, 5) is 27.0. The summed E-state index contributed by atoms with van der Waals surface area (Å²) >= 11 is 0. The first kappa shape index (κ1) is 13.8. The second-order valence-corrected chi connectivity index (χ2v) is 5.90. The number of hydrogen-bond donors (Lipinski definition) is 0. The molecule has 2 heterocycles. The van der Waals surface area contributed by atoms with Crippen LogP contribution >= 0.6 is 0 Å². The Morgan fingerprint density at radius 2 is 1.70 bits per heavy atom. The normalized spacial score (nSPS) is 16.9. The van der Waals surface area contributed by atoms with Gasteiger partial charge in [-0.2, -0.15) is 0 Å². The van der Waals surface area contributed by atoms with E-state index in [2.05, 4.69) is 0 Å².